The number of fused-ring (bicyclic) bond motifs is 2. The third-order valence-electron chi connectivity index (χ3n) is 6.92. The van der Waals surface area contributed by atoms with Crippen LogP contribution in [0.3, 0.4) is 0 Å². The summed E-state index contributed by atoms with van der Waals surface area (Å²) in [6, 6.07) is 14.5. The second-order valence-corrected chi connectivity index (χ2v) is 10.4. The molecule has 1 heterocycles. The van der Waals surface area contributed by atoms with E-state index in [1.807, 2.05) is 30.3 Å². The van der Waals surface area contributed by atoms with E-state index in [1.165, 1.54) is 17.7 Å². The predicted molar refractivity (Wildman–Crippen MR) is 138 cm³/mol. The summed E-state index contributed by atoms with van der Waals surface area (Å²) in [5.74, 6) is 0.311. The highest BCUT2D eigenvalue weighted by Crippen LogP contribution is 2.45. The number of ether oxygens (including phenoxy) is 2. The van der Waals surface area contributed by atoms with Gasteiger partial charge in [-0.15, -0.1) is 0 Å². The molecular formula is C29H28F3NO4S. The van der Waals surface area contributed by atoms with Crippen molar-refractivity contribution in [2.75, 3.05) is 18.1 Å². The minimum Gasteiger partial charge on any atom is -0.482 e. The molecule has 0 bridgehead atoms. The van der Waals surface area contributed by atoms with Crippen LogP contribution < -0.4 is 9.64 Å². The van der Waals surface area contributed by atoms with E-state index in [2.05, 4.69) is 0 Å². The normalized spacial score (nSPS) is 16.7. The van der Waals surface area contributed by atoms with Gasteiger partial charge < -0.3 is 19.5 Å². The average molecular weight is 544 g/mol. The third kappa shape index (κ3) is 5.35. The molecular weight excluding hydrogens is 515 g/mol. The Balaban J connectivity index is 1.39. The quantitative estimate of drug-likeness (QED) is 0.335. The van der Waals surface area contributed by atoms with Gasteiger partial charge in [-0.25, -0.2) is 4.79 Å². The van der Waals surface area contributed by atoms with Gasteiger partial charge in [0.1, 0.15) is 5.75 Å². The van der Waals surface area contributed by atoms with Crippen LogP contribution in [-0.4, -0.2) is 24.3 Å². The lowest BCUT2D eigenvalue weighted by Crippen LogP contribution is -2.21. The molecule has 0 spiro atoms. The van der Waals surface area contributed by atoms with E-state index in [0.717, 1.165) is 64.3 Å². The molecule has 0 saturated heterocycles. The second-order valence-electron chi connectivity index (χ2n) is 9.29. The van der Waals surface area contributed by atoms with Gasteiger partial charge in [0.2, 0.25) is 0 Å². The summed E-state index contributed by atoms with van der Waals surface area (Å²) < 4.78 is 49.8. The summed E-state index contributed by atoms with van der Waals surface area (Å²) >= 11 is 1.62. The molecule has 1 N–H and O–H groups in total. The Morgan fingerprint density at radius 3 is 2.42 bits per heavy atom. The molecule has 0 saturated carbocycles. The zero-order valence-electron chi connectivity index (χ0n) is 20.9. The minimum atomic E-state index is -4.41. The molecule has 3 aromatic rings. The van der Waals surface area contributed by atoms with Crippen LogP contribution in [0.1, 0.15) is 53.8 Å². The van der Waals surface area contributed by atoms with Crippen molar-refractivity contribution >= 4 is 23.4 Å². The highest BCUT2D eigenvalue weighted by atomic mass is 32.2. The molecule has 5 rings (SSSR count). The number of benzene rings is 3. The van der Waals surface area contributed by atoms with Crippen LogP contribution >= 0.6 is 11.8 Å². The van der Waals surface area contributed by atoms with Crippen molar-refractivity contribution in [1.29, 1.82) is 0 Å². The third-order valence-corrected chi connectivity index (χ3v) is 8.12. The van der Waals surface area contributed by atoms with E-state index < -0.39 is 23.9 Å². The fourth-order valence-electron chi connectivity index (χ4n) is 5.08. The fourth-order valence-corrected chi connectivity index (χ4v) is 6.25. The lowest BCUT2D eigenvalue weighted by molar-refractivity contribution is -0.145. The topological polar surface area (TPSA) is 59.0 Å². The summed E-state index contributed by atoms with van der Waals surface area (Å²) in [6.45, 7) is 2.32. The van der Waals surface area contributed by atoms with Gasteiger partial charge in [0.05, 0.1) is 12.2 Å². The molecule has 0 fully saturated rings. The number of carbonyl (C=O) groups excluding carboxylic acids is 1. The van der Waals surface area contributed by atoms with Crippen LogP contribution in [0, 0.1) is 0 Å². The first-order valence-corrected chi connectivity index (χ1v) is 13.4. The zero-order valence-corrected chi connectivity index (χ0v) is 21.7. The smallest absolute Gasteiger partial charge is 0.416 e. The van der Waals surface area contributed by atoms with Gasteiger partial charge in [-0.05, 0) is 91.8 Å². The molecule has 3 aromatic carbocycles. The van der Waals surface area contributed by atoms with Crippen molar-refractivity contribution in [3.63, 3.8) is 0 Å². The van der Waals surface area contributed by atoms with Crippen LogP contribution in [0.15, 0.2) is 64.4 Å². The fraction of sp³-hybridized carbons (Fsp3) is 0.345. The summed E-state index contributed by atoms with van der Waals surface area (Å²) in [5.41, 5.74) is 3.83. The molecule has 200 valence electrons. The number of carbonyl (C=O) groups is 1. The number of aliphatic hydroxyl groups is 1. The summed E-state index contributed by atoms with van der Waals surface area (Å²) in [5, 5.41) is 11.0. The molecule has 2 aliphatic rings. The maximum atomic E-state index is 13.0. The van der Waals surface area contributed by atoms with Gasteiger partial charge in [0.15, 0.2) is 12.8 Å². The predicted octanol–water partition coefficient (Wildman–Crippen LogP) is 6.69. The molecule has 9 heteroatoms. The van der Waals surface area contributed by atoms with E-state index >= 15 is 0 Å². The van der Waals surface area contributed by atoms with Crippen molar-refractivity contribution in [2.24, 2.45) is 0 Å². The first kappa shape index (κ1) is 26.4. The van der Waals surface area contributed by atoms with E-state index in [9.17, 15) is 23.1 Å². The zero-order chi connectivity index (χ0) is 26.9. The maximum absolute atomic E-state index is 13.0. The molecule has 38 heavy (non-hydrogen) atoms. The molecule has 1 unspecified atom stereocenters. The van der Waals surface area contributed by atoms with Gasteiger partial charge in [-0.2, -0.15) is 13.2 Å². The number of rotatable bonds is 7. The van der Waals surface area contributed by atoms with Crippen LogP contribution in [0.5, 0.6) is 5.75 Å². The number of aliphatic hydroxyl groups excluding tert-OH is 1. The van der Waals surface area contributed by atoms with Gasteiger partial charge in [-0.1, -0.05) is 23.9 Å². The summed E-state index contributed by atoms with van der Waals surface area (Å²) in [7, 11) is 0. The molecule has 1 aliphatic heterocycles. The van der Waals surface area contributed by atoms with E-state index in [4.69, 9.17) is 9.47 Å². The highest BCUT2D eigenvalue weighted by molar-refractivity contribution is 7.99. The van der Waals surface area contributed by atoms with Gasteiger partial charge >= 0.3 is 12.1 Å². The number of nitrogens with zero attached hydrogens (tertiary/aromatic N) is 1. The van der Waals surface area contributed by atoms with E-state index in [0.29, 0.717) is 24.6 Å². The Morgan fingerprint density at radius 2 is 1.71 bits per heavy atom. The van der Waals surface area contributed by atoms with E-state index in [-0.39, 0.29) is 6.61 Å². The number of hydrogen-bond donors (Lipinski definition) is 1. The van der Waals surface area contributed by atoms with Crippen molar-refractivity contribution in [3.8, 4) is 5.75 Å². The van der Waals surface area contributed by atoms with Crippen LogP contribution in [0.4, 0.5) is 18.9 Å². The average Bonchev–Trinajstić information content (AvgIpc) is 3.25. The van der Waals surface area contributed by atoms with Crippen molar-refractivity contribution in [1.82, 2.24) is 0 Å². The molecule has 0 aromatic heterocycles. The number of alkyl halides is 3. The Kier molecular flexibility index (Phi) is 7.59. The molecule has 1 aliphatic carbocycles. The molecule has 0 amide bonds. The maximum Gasteiger partial charge on any atom is 0.416 e. The standard InChI is InChI=1S/C29H28F3NO4S/c1-2-36-27(34)17-37-24-14-15-26(21-7-4-3-6-20(21)24)38-25-9-5-8-22-23(25)16-33(28(22)35)19-12-10-18(11-13-19)29(30,31)32/h5,8-15,28,35H,2-4,6-7,16-17H2,1H3. The van der Waals surface area contributed by atoms with Gasteiger partial charge in [0.25, 0.3) is 0 Å². The second kappa shape index (κ2) is 10.9. The van der Waals surface area contributed by atoms with Crippen molar-refractivity contribution in [2.45, 2.75) is 61.3 Å². The molecule has 0 radical (unpaired) electrons. The Hall–Kier alpha value is -3.17. The van der Waals surface area contributed by atoms with E-state index in [1.54, 1.807) is 23.6 Å². The number of hydrogen-bond acceptors (Lipinski definition) is 6. The summed E-state index contributed by atoms with van der Waals surface area (Å²) in [4.78, 5) is 15.6. The van der Waals surface area contributed by atoms with Gasteiger partial charge in [0, 0.05) is 27.6 Å². The molecule has 1 atom stereocenters. The first-order chi connectivity index (χ1) is 18.3. The number of esters is 1. The van der Waals surface area contributed by atoms with Crippen LogP contribution in [0.25, 0.3) is 0 Å². The van der Waals surface area contributed by atoms with Crippen LogP contribution in [0.2, 0.25) is 0 Å². The first-order valence-electron chi connectivity index (χ1n) is 12.6. The molecule has 5 nitrogen and oxygen atoms in total. The Bertz CT molecular complexity index is 1330. The van der Waals surface area contributed by atoms with Crippen LogP contribution in [-0.2, 0) is 35.1 Å². The Labute approximate surface area is 223 Å². The largest absolute Gasteiger partial charge is 0.482 e. The minimum absolute atomic E-state index is 0.128. The highest BCUT2D eigenvalue weighted by Gasteiger charge is 2.33. The Morgan fingerprint density at radius 1 is 1.00 bits per heavy atom. The SMILES string of the molecule is CCOC(=O)COc1ccc(Sc2cccc3c2CN(c2ccc(C(F)(F)F)cc2)C3O)c2c1CCCC2. The number of halogens is 3. The number of anilines is 1. The van der Waals surface area contributed by atoms with Crippen molar-refractivity contribution < 1.29 is 32.5 Å². The lowest BCUT2D eigenvalue weighted by atomic mass is 9.91. The lowest BCUT2D eigenvalue weighted by Gasteiger charge is -2.23. The van der Waals surface area contributed by atoms with Crippen molar-refractivity contribution in [3.05, 3.63) is 82.4 Å². The summed E-state index contributed by atoms with van der Waals surface area (Å²) in [6.07, 6.45) is -1.47. The monoisotopic (exact) mass is 543 g/mol. The van der Waals surface area contributed by atoms with Gasteiger partial charge in [-0.3, -0.25) is 0 Å².